The van der Waals surface area contributed by atoms with E-state index in [1.165, 1.54) is 6.42 Å². The first-order chi connectivity index (χ1) is 4.41. The van der Waals surface area contributed by atoms with Crippen molar-refractivity contribution in [3.63, 3.8) is 0 Å². The van der Waals surface area contributed by atoms with Crippen molar-refractivity contribution in [2.24, 2.45) is 0 Å². The molecule has 0 amide bonds. The molecule has 0 N–H and O–H groups in total. The first-order valence-electron chi connectivity index (χ1n) is 3.45. The Bertz CT molecular complexity index is 42.2. The number of hydrogen-bond donors (Lipinski definition) is 0. The van der Waals surface area contributed by atoms with Gasteiger partial charge in [-0.15, -0.1) is 0 Å². The lowest BCUT2D eigenvalue weighted by atomic mass is 10.4. The van der Waals surface area contributed by atoms with Crippen molar-refractivity contribution in [1.82, 2.24) is 0 Å². The van der Waals surface area contributed by atoms with Gasteiger partial charge in [-0.2, -0.15) is 0 Å². The van der Waals surface area contributed by atoms with Crippen LogP contribution < -0.4 is 0 Å². The van der Waals surface area contributed by atoms with Crippen molar-refractivity contribution in [3.05, 3.63) is 6.92 Å². The lowest BCUT2D eigenvalue weighted by molar-refractivity contribution is 0.366. The summed E-state index contributed by atoms with van der Waals surface area (Å²) in [6.45, 7) is 6.72. The fraction of sp³-hybridized carbons (Fsp3) is 0.857. The third-order valence-corrected chi connectivity index (χ3v) is 1.76. The van der Waals surface area contributed by atoms with E-state index in [2.05, 4.69) is 13.8 Å². The standard InChI is InChI=1S/C7H15OS/c1-3-5-6-8-9-7-4-2/h1,3-7H2,2H3. The van der Waals surface area contributed by atoms with Crippen LogP contribution in [-0.2, 0) is 4.18 Å². The Balaban J connectivity index is 2.60. The minimum Gasteiger partial charge on any atom is -0.315 e. The zero-order chi connectivity index (χ0) is 6.95. The van der Waals surface area contributed by atoms with Gasteiger partial charge in [0, 0.05) is 5.75 Å². The van der Waals surface area contributed by atoms with Crippen molar-refractivity contribution in [3.8, 4) is 0 Å². The van der Waals surface area contributed by atoms with Gasteiger partial charge in [0.25, 0.3) is 0 Å². The van der Waals surface area contributed by atoms with Crippen molar-refractivity contribution < 1.29 is 4.18 Å². The van der Waals surface area contributed by atoms with Gasteiger partial charge in [0.15, 0.2) is 0 Å². The molecule has 0 fully saturated rings. The molecule has 2 heteroatoms. The summed E-state index contributed by atoms with van der Waals surface area (Å²) in [7, 11) is 0. The molecule has 1 nitrogen and oxygen atoms in total. The molecule has 0 saturated carbocycles. The lowest BCUT2D eigenvalue weighted by Gasteiger charge is -1.97. The third kappa shape index (κ3) is 8.31. The maximum absolute atomic E-state index is 5.19. The van der Waals surface area contributed by atoms with E-state index in [0.29, 0.717) is 0 Å². The van der Waals surface area contributed by atoms with Crippen LogP contribution in [0.5, 0.6) is 0 Å². The molecular weight excluding hydrogens is 132 g/mol. The van der Waals surface area contributed by atoms with Gasteiger partial charge in [0.2, 0.25) is 0 Å². The Morgan fingerprint density at radius 2 is 2.33 bits per heavy atom. The second-order valence-corrected chi connectivity index (χ2v) is 2.73. The second-order valence-electron chi connectivity index (χ2n) is 1.85. The minimum absolute atomic E-state index is 0.855. The van der Waals surface area contributed by atoms with Gasteiger partial charge in [0.1, 0.15) is 0 Å². The summed E-state index contributed by atoms with van der Waals surface area (Å²) < 4.78 is 5.19. The molecule has 0 heterocycles. The summed E-state index contributed by atoms with van der Waals surface area (Å²) in [5, 5.41) is 0. The molecule has 0 aromatic rings. The van der Waals surface area contributed by atoms with Crippen molar-refractivity contribution in [1.29, 1.82) is 0 Å². The Labute approximate surface area is 62.4 Å². The van der Waals surface area contributed by atoms with Crippen LogP contribution >= 0.6 is 12.0 Å². The van der Waals surface area contributed by atoms with Gasteiger partial charge in [-0.3, -0.25) is 0 Å². The van der Waals surface area contributed by atoms with Gasteiger partial charge in [-0.1, -0.05) is 20.3 Å². The van der Waals surface area contributed by atoms with Gasteiger partial charge >= 0.3 is 0 Å². The van der Waals surface area contributed by atoms with Gasteiger partial charge in [0.05, 0.1) is 6.61 Å². The summed E-state index contributed by atoms with van der Waals surface area (Å²) in [5.41, 5.74) is 0. The molecule has 0 aliphatic carbocycles. The highest BCUT2D eigenvalue weighted by atomic mass is 32.2. The highest BCUT2D eigenvalue weighted by Crippen LogP contribution is 2.04. The highest BCUT2D eigenvalue weighted by Gasteiger charge is 1.85. The maximum Gasteiger partial charge on any atom is 0.0613 e. The Hall–Kier alpha value is 0.310. The zero-order valence-corrected chi connectivity index (χ0v) is 6.88. The Morgan fingerprint density at radius 1 is 1.56 bits per heavy atom. The predicted octanol–water partition coefficient (Wildman–Crippen LogP) is 2.68. The normalized spacial score (nSPS) is 10.0. The predicted molar refractivity (Wildman–Crippen MR) is 43.3 cm³/mol. The average molecular weight is 147 g/mol. The zero-order valence-electron chi connectivity index (χ0n) is 6.06. The summed E-state index contributed by atoms with van der Waals surface area (Å²) in [6, 6.07) is 0. The smallest absolute Gasteiger partial charge is 0.0613 e. The van der Waals surface area contributed by atoms with E-state index in [9.17, 15) is 0 Å². The largest absolute Gasteiger partial charge is 0.315 e. The van der Waals surface area contributed by atoms with E-state index < -0.39 is 0 Å². The Kier molecular flexibility index (Phi) is 8.60. The molecule has 0 aromatic carbocycles. The molecule has 9 heavy (non-hydrogen) atoms. The molecule has 0 rings (SSSR count). The number of unbranched alkanes of at least 4 members (excludes halogenated alkanes) is 1. The van der Waals surface area contributed by atoms with Crippen LogP contribution in [0.4, 0.5) is 0 Å². The van der Waals surface area contributed by atoms with Crippen LogP contribution in [0.25, 0.3) is 0 Å². The molecule has 0 aliphatic rings. The summed E-state index contributed by atoms with van der Waals surface area (Å²) in [6.07, 6.45) is 3.25. The first kappa shape index (κ1) is 9.31. The molecule has 0 aliphatic heterocycles. The van der Waals surface area contributed by atoms with Crippen LogP contribution in [-0.4, -0.2) is 12.4 Å². The van der Waals surface area contributed by atoms with Gasteiger partial charge < -0.3 is 4.18 Å². The van der Waals surface area contributed by atoms with Gasteiger partial charge in [-0.25, -0.2) is 0 Å². The molecule has 0 spiro atoms. The van der Waals surface area contributed by atoms with Crippen molar-refractivity contribution >= 4 is 12.0 Å². The van der Waals surface area contributed by atoms with E-state index in [4.69, 9.17) is 4.18 Å². The van der Waals surface area contributed by atoms with E-state index in [-0.39, 0.29) is 0 Å². The van der Waals surface area contributed by atoms with E-state index in [0.717, 1.165) is 25.2 Å². The molecule has 1 radical (unpaired) electrons. The molecular formula is C7H15OS. The summed E-state index contributed by atoms with van der Waals surface area (Å²) in [5.74, 6) is 1.11. The fourth-order valence-corrected chi connectivity index (χ4v) is 0.882. The minimum atomic E-state index is 0.855. The maximum atomic E-state index is 5.19. The first-order valence-corrected chi connectivity index (χ1v) is 4.36. The quantitative estimate of drug-likeness (QED) is 0.422. The van der Waals surface area contributed by atoms with Crippen LogP contribution in [0.1, 0.15) is 26.2 Å². The molecule has 0 aromatic heterocycles. The van der Waals surface area contributed by atoms with Crippen molar-refractivity contribution in [2.75, 3.05) is 12.4 Å². The Morgan fingerprint density at radius 3 is 2.89 bits per heavy atom. The van der Waals surface area contributed by atoms with Crippen LogP contribution in [0, 0.1) is 6.92 Å². The van der Waals surface area contributed by atoms with Crippen molar-refractivity contribution in [2.45, 2.75) is 26.2 Å². The van der Waals surface area contributed by atoms with Crippen LogP contribution in [0.3, 0.4) is 0 Å². The van der Waals surface area contributed by atoms with E-state index in [1.807, 2.05) is 0 Å². The van der Waals surface area contributed by atoms with Gasteiger partial charge in [-0.05, 0) is 24.9 Å². The molecule has 55 valence electrons. The summed E-state index contributed by atoms with van der Waals surface area (Å²) >= 11 is 1.57. The highest BCUT2D eigenvalue weighted by molar-refractivity contribution is 7.94. The molecule has 0 saturated heterocycles. The monoisotopic (exact) mass is 147 g/mol. The van der Waals surface area contributed by atoms with E-state index in [1.54, 1.807) is 12.0 Å². The SMILES string of the molecule is [CH2]CCCOSCCC. The molecule has 0 bridgehead atoms. The second kappa shape index (κ2) is 8.31. The molecule has 0 unspecified atom stereocenters. The third-order valence-electron chi connectivity index (χ3n) is 0.848. The number of rotatable bonds is 6. The summed E-state index contributed by atoms with van der Waals surface area (Å²) in [4.78, 5) is 0. The number of hydrogen-bond acceptors (Lipinski definition) is 2. The van der Waals surface area contributed by atoms with E-state index >= 15 is 0 Å². The van der Waals surface area contributed by atoms with Crippen LogP contribution in [0.2, 0.25) is 0 Å². The fourth-order valence-electron chi connectivity index (χ4n) is 0.362. The average Bonchev–Trinajstić information content (AvgIpc) is 1.89. The lowest BCUT2D eigenvalue weighted by Crippen LogP contribution is -1.85. The molecule has 0 atom stereocenters. The topological polar surface area (TPSA) is 9.23 Å². The van der Waals surface area contributed by atoms with Crippen LogP contribution in [0.15, 0.2) is 0 Å².